The first-order valence-electron chi connectivity index (χ1n) is 6.38. The summed E-state index contributed by atoms with van der Waals surface area (Å²) in [6.07, 6.45) is 2.74. The van der Waals surface area contributed by atoms with Crippen molar-refractivity contribution < 1.29 is 18.3 Å². The molecule has 1 aromatic carbocycles. The molecule has 1 atom stereocenters. The second-order valence-corrected chi connectivity index (χ2v) is 7.62. The average Bonchev–Trinajstić information content (AvgIpc) is 2.38. The van der Waals surface area contributed by atoms with Crippen LogP contribution in [0.4, 0.5) is 0 Å². The Morgan fingerprint density at radius 2 is 2.10 bits per heavy atom. The lowest BCUT2D eigenvalue weighted by Gasteiger charge is -2.32. The van der Waals surface area contributed by atoms with Gasteiger partial charge in [-0.05, 0) is 53.9 Å². The Balaban J connectivity index is 2.41. The minimum absolute atomic E-state index is 0.0280. The van der Waals surface area contributed by atoms with Crippen molar-refractivity contribution in [3.05, 3.63) is 28.2 Å². The molecule has 110 valence electrons. The van der Waals surface area contributed by atoms with Crippen LogP contribution in [0, 0.1) is 0 Å². The lowest BCUT2D eigenvalue weighted by molar-refractivity contribution is 0.0696. The minimum Gasteiger partial charge on any atom is -0.478 e. The van der Waals surface area contributed by atoms with Crippen LogP contribution in [-0.2, 0) is 10.0 Å². The Bertz CT molecular complexity index is 629. The van der Waals surface area contributed by atoms with Crippen molar-refractivity contribution >= 4 is 31.9 Å². The molecule has 1 aliphatic heterocycles. The summed E-state index contributed by atoms with van der Waals surface area (Å²) < 4.78 is 27.1. The number of carboxylic acids is 1. The van der Waals surface area contributed by atoms with Crippen LogP contribution in [0.2, 0.25) is 0 Å². The summed E-state index contributed by atoms with van der Waals surface area (Å²) in [6.45, 7) is 2.41. The van der Waals surface area contributed by atoms with E-state index >= 15 is 0 Å². The number of nitrogens with zero attached hydrogens (tertiary/aromatic N) is 1. The molecule has 1 N–H and O–H groups in total. The number of carboxylic acid groups (broad SMARTS) is 1. The van der Waals surface area contributed by atoms with Gasteiger partial charge in [0.1, 0.15) is 0 Å². The zero-order valence-electron chi connectivity index (χ0n) is 11.0. The molecule has 0 bridgehead atoms. The SMILES string of the molecule is CC1CCCCN1S(=O)(=O)c1ccc(C(=O)O)cc1Br. The summed E-state index contributed by atoms with van der Waals surface area (Å²) >= 11 is 3.17. The van der Waals surface area contributed by atoms with Gasteiger partial charge < -0.3 is 5.11 Å². The van der Waals surface area contributed by atoms with Crippen LogP contribution in [0.25, 0.3) is 0 Å². The van der Waals surface area contributed by atoms with E-state index in [1.165, 1.54) is 22.5 Å². The number of halogens is 1. The number of hydrogen-bond donors (Lipinski definition) is 1. The fourth-order valence-electron chi connectivity index (χ4n) is 2.40. The van der Waals surface area contributed by atoms with Crippen molar-refractivity contribution in [2.75, 3.05) is 6.54 Å². The Morgan fingerprint density at radius 3 is 2.65 bits per heavy atom. The molecule has 1 heterocycles. The van der Waals surface area contributed by atoms with Gasteiger partial charge >= 0.3 is 5.97 Å². The number of benzene rings is 1. The molecule has 1 fully saturated rings. The molecule has 0 radical (unpaired) electrons. The van der Waals surface area contributed by atoms with E-state index in [9.17, 15) is 13.2 Å². The maximum atomic E-state index is 12.6. The molecule has 1 unspecified atom stereocenters. The van der Waals surface area contributed by atoms with Gasteiger partial charge in [-0.2, -0.15) is 4.31 Å². The third-order valence-corrected chi connectivity index (χ3v) is 6.50. The van der Waals surface area contributed by atoms with E-state index in [-0.39, 0.29) is 21.0 Å². The molecular formula is C13H16BrNO4S. The summed E-state index contributed by atoms with van der Waals surface area (Å²) in [7, 11) is -3.59. The number of rotatable bonds is 3. The third-order valence-electron chi connectivity index (χ3n) is 3.51. The summed E-state index contributed by atoms with van der Waals surface area (Å²) in [5.41, 5.74) is 0.0579. The monoisotopic (exact) mass is 361 g/mol. The number of aromatic carboxylic acids is 1. The molecule has 0 saturated carbocycles. The Hall–Kier alpha value is -0.920. The highest BCUT2D eigenvalue weighted by Gasteiger charge is 2.32. The number of sulfonamides is 1. The summed E-state index contributed by atoms with van der Waals surface area (Å²) in [6, 6.07) is 3.96. The fourth-order valence-corrected chi connectivity index (χ4v) is 5.14. The second-order valence-electron chi connectivity index (χ2n) is 4.91. The molecule has 2 rings (SSSR count). The van der Waals surface area contributed by atoms with Gasteiger partial charge in [0.25, 0.3) is 0 Å². The molecule has 1 aromatic rings. The van der Waals surface area contributed by atoms with Gasteiger partial charge in [-0.25, -0.2) is 13.2 Å². The fraction of sp³-hybridized carbons (Fsp3) is 0.462. The highest BCUT2D eigenvalue weighted by Crippen LogP contribution is 2.30. The highest BCUT2D eigenvalue weighted by atomic mass is 79.9. The van der Waals surface area contributed by atoms with Crippen LogP contribution in [0.15, 0.2) is 27.6 Å². The maximum Gasteiger partial charge on any atom is 0.335 e. The van der Waals surface area contributed by atoms with E-state index in [1.54, 1.807) is 0 Å². The summed E-state index contributed by atoms with van der Waals surface area (Å²) in [5, 5.41) is 8.91. The van der Waals surface area contributed by atoms with Gasteiger partial charge in [-0.15, -0.1) is 0 Å². The lowest BCUT2D eigenvalue weighted by atomic mass is 10.1. The molecule has 1 aliphatic rings. The van der Waals surface area contributed by atoms with Crippen molar-refractivity contribution in [1.29, 1.82) is 0 Å². The van der Waals surface area contributed by atoms with E-state index in [0.29, 0.717) is 6.54 Å². The smallest absolute Gasteiger partial charge is 0.335 e. The van der Waals surface area contributed by atoms with Crippen LogP contribution in [0.5, 0.6) is 0 Å². The van der Waals surface area contributed by atoms with E-state index < -0.39 is 16.0 Å². The molecule has 7 heteroatoms. The molecular weight excluding hydrogens is 346 g/mol. The van der Waals surface area contributed by atoms with Crippen LogP contribution in [-0.4, -0.2) is 36.4 Å². The molecule has 0 aromatic heterocycles. The topological polar surface area (TPSA) is 74.7 Å². The van der Waals surface area contributed by atoms with Crippen molar-refractivity contribution in [3.63, 3.8) is 0 Å². The van der Waals surface area contributed by atoms with Crippen molar-refractivity contribution in [1.82, 2.24) is 4.31 Å². The predicted octanol–water partition coefficient (Wildman–Crippen LogP) is 2.71. The lowest BCUT2D eigenvalue weighted by Crippen LogP contribution is -2.42. The number of piperidine rings is 1. The maximum absolute atomic E-state index is 12.6. The van der Waals surface area contributed by atoms with Crippen LogP contribution >= 0.6 is 15.9 Å². The molecule has 0 spiro atoms. The Kier molecular flexibility index (Phi) is 4.51. The Morgan fingerprint density at radius 1 is 1.40 bits per heavy atom. The van der Waals surface area contributed by atoms with E-state index in [2.05, 4.69) is 15.9 Å². The van der Waals surface area contributed by atoms with E-state index in [0.717, 1.165) is 19.3 Å². The minimum atomic E-state index is -3.59. The molecule has 1 saturated heterocycles. The normalized spacial score (nSPS) is 20.8. The van der Waals surface area contributed by atoms with Gasteiger partial charge in [-0.3, -0.25) is 0 Å². The first kappa shape index (κ1) is 15.5. The van der Waals surface area contributed by atoms with Crippen molar-refractivity contribution in [2.45, 2.75) is 37.1 Å². The highest BCUT2D eigenvalue weighted by molar-refractivity contribution is 9.10. The van der Waals surface area contributed by atoms with Crippen LogP contribution < -0.4 is 0 Å². The molecule has 5 nitrogen and oxygen atoms in total. The third kappa shape index (κ3) is 2.89. The van der Waals surface area contributed by atoms with Gasteiger partial charge in [0.2, 0.25) is 10.0 Å². The quantitative estimate of drug-likeness (QED) is 0.897. The zero-order valence-corrected chi connectivity index (χ0v) is 13.4. The first-order chi connectivity index (χ1) is 9.34. The van der Waals surface area contributed by atoms with Crippen LogP contribution in [0.1, 0.15) is 36.5 Å². The Labute approximate surface area is 126 Å². The standard InChI is InChI=1S/C13H16BrNO4S/c1-9-4-2-3-7-15(9)20(18,19)12-6-5-10(13(16)17)8-11(12)14/h5-6,8-9H,2-4,7H2,1H3,(H,16,17). The number of carbonyl (C=O) groups is 1. The van der Waals surface area contributed by atoms with Gasteiger partial charge in [0.15, 0.2) is 0 Å². The average molecular weight is 362 g/mol. The van der Waals surface area contributed by atoms with E-state index in [1.807, 2.05) is 6.92 Å². The van der Waals surface area contributed by atoms with Gasteiger partial charge in [0.05, 0.1) is 10.5 Å². The van der Waals surface area contributed by atoms with Crippen molar-refractivity contribution in [3.8, 4) is 0 Å². The molecule has 0 amide bonds. The summed E-state index contributed by atoms with van der Waals surface area (Å²) in [5.74, 6) is -1.08. The summed E-state index contributed by atoms with van der Waals surface area (Å²) in [4.78, 5) is 11.0. The van der Waals surface area contributed by atoms with Crippen LogP contribution in [0.3, 0.4) is 0 Å². The van der Waals surface area contributed by atoms with Gasteiger partial charge in [-0.1, -0.05) is 6.42 Å². The largest absolute Gasteiger partial charge is 0.478 e. The first-order valence-corrected chi connectivity index (χ1v) is 8.62. The van der Waals surface area contributed by atoms with Gasteiger partial charge in [0, 0.05) is 17.1 Å². The second kappa shape index (κ2) is 5.83. The predicted molar refractivity (Wildman–Crippen MR) is 78.3 cm³/mol. The number of hydrogen-bond acceptors (Lipinski definition) is 3. The van der Waals surface area contributed by atoms with E-state index in [4.69, 9.17) is 5.11 Å². The zero-order chi connectivity index (χ0) is 14.9. The molecule has 0 aliphatic carbocycles. The van der Waals surface area contributed by atoms with Crippen molar-refractivity contribution in [2.24, 2.45) is 0 Å². The molecule has 20 heavy (non-hydrogen) atoms.